The van der Waals surface area contributed by atoms with E-state index in [-0.39, 0.29) is 5.91 Å². The van der Waals surface area contributed by atoms with Gasteiger partial charge in [-0.3, -0.25) is 4.79 Å². The number of carbonyl (C=O) groups excluding carboxylic acids is 1. The van der Waals surface area contributed by atoms with Crippen molar-refractivity contribution in [2.45, 2.75) is 33.1 Å². The number of benzene rings is 1. The van der Waals surface area contributed by atoms with E-state index in [1.165, 1.54) is 6.42 Å². The van der Waals surface area contributed by atoms with E-state index in [9.17, 15) is 4.79 Å². The van der Waals surface area contributed by atoms with Gasteiger partial charge in [0.1, 0.15) is 0 Å². The molecular formula is C20H31N3O2. The highest BCUT2D eigenvalue weighted by Gasteiger charge is 2.25. The van der Waals surface area contributed by atoms with E-state index >= 15 is 0 Å². The van der Waals surface area contributed by atoms with Gasteiger partial charge in [0.15, 0.2) is 0 Å². The van der Waals surface area contributed by atoms with Crippen LogP contribution in [0.1, 0.15) is 32.3 Å². The van der Waals surface area contributed by atoms with Gasteiger partial charge in [-0.25, -0.2) is 0 Å². The number of piperidine rings is 1. The van der Waals surface area contributed by atoms with Gasteiger partial charge in [0.2, 0.25) is 5.91 Å². The summed E-state index contributed by atoms with van der Waals surface area (Å²) in [5.74, 6) is 1.49. The highest BCUT2D eigenvalue weighted by molar-refractivity contribution is 5.77. The second kappa shape index (κ2) is 8.09. The third kappa shape index (κ3) is 4.66. The van der Waals surface area contributed by atoms with Gasteiger partial charge in [-0.2, -0.15) is 0 Å². The van der Waals surface area contributed by atoms with Crippen molar-refractivity contribution in [3.63, 3.8) is 0 Å². The monoisotopic (exact) mass is 345 g/mol. The molecule has 0 aliphatic carbocycles. The molecule has 1 aromatic carbocycles. The Morgan fingerprint density at radius 3 is 2.52 bits per heavy atom. The molecule has 0 aromatic heterocycles. The van der Waals surface area contributed by atoms with Crippen molar-refractivity contribution in [2.75, 3.05) is 50.0 Å². The van der Waals surface area contributed by atoms with Crippen LogP contribution in [0.3, 0.4) is 0 Å². The number of anilines is 2. The van der Waals surface area contributed by atoms with Crippen LogP contribution in [0.2, 0.25) is 0 Å². The van der Waals surface area contributed by atoms with Crippen molar-refractivity contribution in [1.29, 1.82) is 0 Å². The van der Waals surface area contributed by atoms with E-state index in [1.807, 2.05) is 11.0 Å². The van der Waals surface area contributed by atoms with Crippen LogP contribution in [0, 0.1) is 11.8 Å². The van der Waals surface area contributed by atoms with Crippen LogP contribution in [0.15, 0.2) is 18.2 Å². The molecule has 2 aliphatic rings. The number of rotatable bonds is 4. The van der Waals surface area contributed by atoms with Crippen LogP contribution < -0.4 is 10.6 Å². The molecule has 0 radical (unpaired) electrons. The molecule has 1 aromatic rings. The quantitative estimate of drug-likeness (QED) is 0.852. The third-order valence-electron chi connectivity index (χ3n) is 5.29. The first-order valence-corrected chi connectivity index (χ1v) is 9.52. The number of carbonyl (C=O) groups is 1. The van der Waals surface area contributed by atoms with Gasteiger partial charge >= 0.3 is 0 Å². The summed E-state index contributed by atoms with van der Waals surface area (Å²) in [6.07, 6.45) is 2.55. The summed E-state index contributed by atoms with van der Waals surface area (Å²) >= 11 is 0. The zero-order valence-corrected chi connectivity index (χ0v) is 15.5. The Morgan fingerprint density at radius 2 is 1.88 bits per heavy atom. The second-order valence-corrected chi connectivity index (χ2v) is 7.74. The lowest BCUT2D eigenvalue weighted by molar-refractivity contribution is -0.133. The summed E-state index contributed by atoms with van der Waals surface area (Å²) in [5.41, 5.74) is 9.28. The summed E-state index contributed by atoms with van der Waals surface area (Å²) in [5, 5.41) is 0. The number of nitrogen functional groups attached to an aromatic ring is 1. The van der Waals surface area contributed by atoms with Crippen LogP contribution in [0.4, 0.5) is 11.4 Å². The fourth-order valence-corrected chi connectivity index (χ4v) is 4.13. The molecule has 2 N–H and O–H groups in total. The lowest BCUT2D eigenvalue weighted by atomic mass is 9.91. The average molecular weight is 345 g/mol. The number of hydrogen-bond donors (Lipinski definition) is 1. The molecule has 2 fully saturated rings. The van der Waals surface area contributed by atoms with Crippen molar-refractivity contribution < 1.29 is 9.53 Å². The second-order valence-electron chi connectivity index (χ2n) is 7.74. The number of nitrogens with zero attached hydrogens (tertiary/aromatic N) is 2. The largest absolute Gasteiger partial charge is 0.397 e. The maximum atomic E-state index is 12.5. The van der Waals surface area contributed by atoms with E-state index in [0.29, 0.717) is 18.3 Å². The average Bonchev–Trinajstić information content (AvgIpc) is 2.59. The maximum Gasteiger partial charge on any atom is 0.222 e. The minimum Gasteiger partial charge on any atom is -0.397 e. The van der Waals surface area contributed by atoms with Gasteiger partial charge in [0.05, 0.1) is 24.6 Å². The zero-order chi connectivity index (χ0) is 17.8. The summed E-state index contributed by atoms with van der Waals surface area (Å²) in [4.78, 5) is 16.8. The number of aryl methyl sites for hydroxylation is 1. The van der Waals surface area contributed by atoms with Gasteiger partial charge in [0, 0.05) is 32.6 Å². The highest BCUT2D eigenvalue weighted by Crippen LogP contribution is 2.26. The zero-order valence-electron chi connectivity index (χ0n) is 15.5. The van der Waals surface area contributed by atoms with Gasteiger partial charge in [0.25, 0.3) is 0 Å². The molecule has 2 heterocycles. The first-order chi connectivity index (χ1) is 12.0. The first kappa shape index (κ1) is 18.1. The highest BCUT2D eigenvalue weighted by atomic mass is 16.5. The molecule has 0 saturated carbocycles. The lowest BCUT2D eigenvalue weighted by Gasteiger charge is -2.35. The Balaban J connectivity index is 1.56. The normalized spacial score (nSPS) is 24.4. The van der Waals surface area contributed by atoms with Crippen molar-refractivity contribution in [3.8, 4) is 0 Å². The predicted molar refractivity (Wildman–Crippen MR) is 102 cm³/mol. The van der Waals surface area contributed by atoms with Gasteiger partial charge in [-0.05, 0) is 42.4 Å². The molecular weight excluding hydrogens is 314 g/mol. The molecule has 1 amide bonds. The first-order valence-electron chi connectivity index (χ1n) is 9.52. The van der Waals surface area contributed by atoms with Crippen LogP contribution in [0.25, 0.3) is 0 Å². The predicted octanol–water partition coefficient (Wildman–Crippen LogP) is 2.54. The minimum absolute atomic E-state index is 0.272. The van der Waals surface area contributed by atoms with E-state index < -0.39 is 0 Å². The number of amides is 1. The van der Waals surface area contributed by atoms with Crippen LogP contribution >= 0.6 is 0 Å². The standard InChI is InChI=1S/C20H31N3O2/c1-15-11-16(2)14-23(13-15)20(24)6-4-17-3-5-19(18(21)12-17)22-7-9-25-10-8-22/h3,5,12,15-16H,4,6-11,13-14,21H2,1-2H3. The Bertz CT molecular complexity index is 589. The van der Waals surface area contributed by atoms with E-state index in [2.05, 4.69) is 30.9 Å². The van der Waals surface area contributed by atoms with Crippen molar-refractivity contribution in [3.05, 3.63) is 23.8 Å². The molecule has 0 bridgehead atoms. The molecule has 2 saturated heterocycles. The fourth-order valence-electron chi connectivity index (χ4n) is 4.13. The maximum absolute atomic E-state index is 12.5. The van der Waals surface area contributed by atoms with Gasteiger partial charge in [-0.1, -0.05) is 19.9 Å². The molecule has 2 aliphatic heterocycles. The number of morpholine rings is 1. The fraction of sp³-hybridized carbons (Fsp3) is 0.650. The SMILES string of the molecule is CC1CC(C)CN(C(=O)CCc2ccc(N3CCOCC3)c(N)c2)C1. The lowest BCUT2D eigenvalue weighted by Crippen LogP contribution is -2.42. The minimum atomic E-state index is 0.272. The number of nitrogens with two attached hydrogens (primary N) is 1. The summed E-state index contributed by atoms with van der Waals surface area (Å²) < 4.78 is 5.40. The number of hydrogen-bond acceptors (Lipinski definition) is 4. The Labute approximate surface area is 151 Å². The van der Waals surface area contributed by atoms with Gasteiger partial charge < -0.3 is 20.3 Å². The Kier molecular flexibility index (Phi) is 5.84. The van der Waals surface area contributed by atoms with Gasteiger partial charge in [-0.15, -0.1) is 0 Å². The molecule has 5 nitrogen and oxygen atoms in total. The summed E-state index contributed by atoms with van der Waals surface area (Å²) in [6.45, 7) is 9.55. The molecule has 25 heavy (non-hydrogen) atoms. The molecule has 3 rings (SSSR count). The Hall–Kier alpha value is -1.75. The Morgan fingerprint density at radius 1 is 1.20 bits per heavy atom. The van der Waals surface area contributed by atoms with Crippen LogP contribution in [0.5, 0.6) is 0 Å². The topological polar surface area (TPSA) is 58.8 Å². The van der Waals surface area contributed by atoms with Crippen LogP contribution in [-0.4, -0.2) is 50.2 Å². The summed E-state index contributed by atoms with van der Waals surface area (Å²) in [7, 11) is 0. The smallest absolute Gasteiger partial charge is 0.222 e. The molecule has 138 valence electrons. The van der Waals surface area contributed by atoms with Crippen molar-refractivity contribution in [1.82, 2.24) is 4.90 Å². The molecule has 2 atom stereocenters. The summed E-state index contributed by atoms with van der Waals surface area (Å²) in [6, 6.07) is 6.22. The van der Waals surface area contributed by atoms with E-state index in [4.69, 9.17) is 10.5 Å². The van der Waals surface area contributed by atoms with E-state index in [1.54, 1.807) is 0 Å². The van der Waals surface area contributed by atoms with E-state index in [0.717, 1.165) is 62.8 Å². The van der Waals surface area contributed by atoms with Crippen molar-refractivity contribution in [2.24, 2.45) is 11.8 Å². The third-order valence-corrected chi connectivity index (χ3v) is 5.29. The number of likely N-dealkylation sites (tertiary alicyclic amines) is 1. The molecule has 0 spiro atoms. The van der Waals surface area contributed by atoms with Crippen LogP contribution in [-0.2, 0) is 16.0 Å². The molecule has 2 unspecified atom stereocenters. The molecule has 5 heteroatoms. The van der Waals surface area contributed by atoms with Crippen molar-refractivity contribution >= 4 is 17.3 Å². The number of ether oxygens (including phenoxy) is 1.